The van der Waals surface area contributed by atoms with Crippen LogP contribution in [0, 0.1) is 0 Å². The Morgan fingerprint density at radius 2 is 2.14 bits per heavy atom. The van der Waals surface area contributed by atoms with Gasteiger partial charge < -0.3 is 10.2 Å². The molecule has 2 amide bonds. The molecule has 4 heteroatoms. The molecule has 4 nitrogen and oxygen atoms in total. The largest absolute Gasteiger partial charge is 0.335 e. The smallest absolute Gasteiger partial charge is 0.211 e. The van der Waals surface area contributed by atoms with Crippen LogP contribution in [0.5, 0.6) is 0 Å². The Morgan fingerprint density at radius 1 is 1.43 bits per heavy atom. The monoisotopic (exact) mass is 198 g/mol. The van der Waals surface area contributed by atoms with Crippen LogP contribution >= 0.6 is 0 Å². The highest BCUT2D eigenvalue weighted by Crippen LogP contribution is 2.00. The molecule has 0 radical (unpaired) electrons. The van der Waals surface area contributed by atoms with Crippen LogP contribution in [0.4, 0.5) is 0 Å². The van der Waals surface area contributed by atoms with Gasteiger partial charge in [0.05, 0.1) is 0 Å². The van der Waals surface area contributed by atoms with Gasteiger partial charge in [-0.25, -0.2) is 0 Å². The van der Waals surface area contributed by atoms with Gasteiger partial charge in [-0.2, -0.15) is 0 Å². The SMILES string of the molecule is C=CC(NC=O)N(C=O)CCCCC. The lowest BCUT2D eigenvalue weighted by molar-refractivity contribution is -0.121. The van der Waals surface area contributed by atoms with Gasteiger partial charge >= 0.3 is 0 Å². The molecule has 0 saturated carbocycles. The Hall–Kier alpha value is -1.32. The lowest BCUT2D eigenvalue weighted by atomic mass is 10.2. The van der Waals surface area contributed by atoms with E-state index in [0.717, 1.165) is 25.7 Å². The second kappa shape index (κ2) is 8.29. The molecule has 14 heavy (non-hydrogen) atoms. The third-order valence-corrected chi connectivity index (χ3v) is 1.97. The molecule has 0 rings (SSSR count). The van der Waals surface area contributed by atoms with E-state index >= 15 is 0 Å². The number of carbonyl (C=O) groups excluding carboxylic acids is 2. The molecular formula is C10H18N2O2. The molecule has 0 bridgehead atoms. The predicted molar refractivity (Wildman–Crippen MR) is 55.5 cm³/mol. The Balaban J connectivity index is 4.00. The van der Waals surface area contributed by atoms with E-state index in [-0.39, 0.29) is 6.17 Å². The quantitative estimate of drug-likeness (QED) is 0.259. The topological polar surface area (TPSA) is 49.4 Å². The minimum atomic E-state index is -0.387. The normalized spacial score (nSPS) is 11.5. The summed E-state index contributed by atoms with van der Waals surface area (Å²) in [5.74, 6) is 0. The summed E-state index contributed by atoms with van der Waals surface area (Å²) in [7, 11) is 0. The summed E-state index contributed by atoms with van der Waals surface area (Å²) < 4.78 is 0. The van der Waals surface area contributed by atoms with Crippen molar-refractivity contribution in [3.63, 3.8) is 0 Å². The first-order chi connectivity index (χ1) is 6.79. The summed E-state index contributed by atoms with van der Waals surface area (Å²) in [5, 5.41) is 2.51. The van der Waals surface area contributed by atoms with Crippen molar-refractivity contribution in [3.8, 4) is 0 Å². The van der Waals surface area contributed by atoms with Crippen molar-refractivity contribution in [3.05, 3.63) is 12.7 Å². The van der Waals surface area contributed by atoms with Gasteiger partial charge in [0.25, 0.3) is 0 Å². The van der Waals surface area contributed by atoms with E-state index in [1.165, 1.54) is 11.0 Å². The summed E-state index contributed by atoms with van der Waals surface area (Å²) in [5.41, 5.74) is 0. The molecule has 0 spiro atoms. The van der Waals surface area contributed by atoms with Crippen LogP contribution in [0.1, 0.15) is 26.2 Å². The van der Waals surface area contributed by atoms with Gasteiger partial charge in [0.2, 0.25) is 12.8 Å². The fraction of sp³-hybridized carbons (Fsp3) is 0.600. The highest BCUT2D eigenvalue weighted by molar-refractivity contribution is 5.52. The Labute approximate surface area is 85.0 Å². The molecular weight excluding hydrogens is 180 g/mol. The number of nitrogens with zero attached hydrogens (tertiary/aromatic N) is 1. The van der Waals surface area contributed by atoms with Crippen LogP contribution in [0.2, 0.25) is 0 Å². The number of amides is 2. The number of carbonyl (C=O) groups is 2. The molecule has 1 N–H and O–H groups in total. The first kappa shape index (κ1) is 12.7. The minimum absolute atomic E-state index is 0.387. The average molecular weight is 198 g/mol. The maximum absolute atomic E-state index is 10.7. The molecule has 0 saturated heterocycles. The van der Waals surface area contributed by atoms with E-state index in [1.807, 2.05) is 0 Å². The molecule has 0 aromatic rings. The molecule has 80 valence electrons. The average Bonchev–Trinajstić information content (AvgIpc) is 2.22. The van der Waals surface area contributed by atoms with Crippen molar-refractivity contribution in [1.29, 1.82) is 0 Å². The zero-order chi connectivity index (χ0) is 10.8. The number of hydrogen-bond donors (Lipinski definition) is 1. The molecule has 0 aliphatic heterocycles. The van der Waals surface area contributed by atoms with Gasteiger partial charge in [-0.3, -0.25) is 9.59 Å². The van der Waals surface area contributed by atoms with Crippen LogP contribution in [0.15, 0.2) is 12.7 Å². The van der Waals surface area contributed by atoms with E-state index in [2.05, 4.69) is 18.8 Å². The standard InChI is InChI=1S/C10H18N2O2/c1-3-5-6-7-12(9-14)10(4-2)11-8-13/h4,8-10H,2-3,5-7H2,1H3,(H,11,13). The van der Waals surface area contributed by atoms with E-state index in [4.69, 9.17) is 0 Å². The number of rotatable bonds is 9. The molecule has 1 atom stereocenters. The van der Waals surface area contributed by atoms with E-state index in [1.54, 1.807) is 0 Å². The highest BCUT2D eigenvalue weighted by atomic mass is 16.1. The summed E-state index contributed by atoms with van der Waals surface area (Å²) in [6, 6.07) is 0. The van der Waals surface area contributed by atoms with E-state index in [9.17, 15) is 9.59 Å². The zero-order valence-electron chi connectivity index (χ0n) is 8.61. The Kier molecular flexibility index (Phi) is 7.50. The van der Waals surface area contributed by atoms with Crippen LogP contribution in [0.25, 0.3) is 0 Å². The van der Waals surface area contributed by atoms with E-state index in [0.29, 0.717) is 13.0 Å². The number of hydrogen-bond acceptors (Lipinski definition) is 2. The zero-order valence-corrected chi connectivity index (χ0v) is 8.61. The summed E-state index contributed by atoms with van der Waals surface area (Å²) in [6.07, 6.45) is 5.58. The first-order valence-corrected chi connectivity index (χ1v) is 4.83. The number of nitrogens with one attached hydrogen (secondary N) is 1. The van der Waals surface area contributed by atoms with Gasteiger partial charge in [0.1, 0.15) is 6.17 Å². The first-order valence-electron chi connectivity index (χ1n) is 4.83. The maximum Gasteiger partial charge on any atom is 0.211 e. The van der Waals surface area contributed by atoms with Gasteiger partial charge in [-0.05, 0) is 12.5 Å². The van der Waals surface area contributed by atoms with Crippen molar-refractivity contribution >= 4 is 12.8 Å². The third-order valence-electron chi connectivity index (χ3n) is 1.97. The van der Waals surface area contributed by atoms with Crippen molar-refractivity contribution in [2.45, 2.75) is 32.4 Å². The molecule has 0 aromatic carbocycles. The molecule has 1 unspecified atom stereocenters. The summed E-state index contributed by atoms with van der Waals surface area (Å²) in [4.78, 5) is 22.4. The lowest BCUT2D eigenvalue weighted by Crippen LogP contribution is -2.43. The molecule has 0 aliphatic carbocycles. The van der Waals surface area contributed by atoms with Crippen molar-refractivity contribution in [1.82, 2.24) is 10.2 Å². The van der Waals surface area contributed by atoms with Gasteiger partial charge in [-0.1, -0.05) is 26.3 Å². The Morgan fingerprint density at radius 3 is 2.57 bits per heavy atom. The van der Waals surface area contributed by atoms with Crippen molar-refractivity contribution in [2.24, 2.45) is 0 Å². The van der Waals surface area contributed by atoms with Crippen molar-refractivity contribution in [2.75, 3.05) is 6.54 Å². The minimum Gasteiger partial charge on any atom is -0.335 e. The fourth-order valence-corrected chi connectivity index (χ4v) is 1.17. The molecule has 0 aromatic heterocycles. The Bertz CT molecular complexity index is 183. The lowest BCUT2D eigenvalue weighted by Gasteiger charge is -2.24. The molecule has 0 fully saturated rings. The summed E-state index contributed by atoms with van der Waals surface area (Å²) >= 11 is 0. The van der Waals surface area contributed by atoms with Gasteiger partial charge in [-0.15, -0.1) is 0 Å². The maximum atomic E-state index is 10.7. The third kappa shape index (κ3) is 4.64. The van der Waals surface area contributed by atoms with Crippen LogP contribution in [-0.2, 0) is 9.59 Å². The van der Waals surface area contributed by atoms with Gasteiger partial charge in [0.15, 0.2) is 0 Å². The fourth-order valence-electron chi connectivity index (χ4n) is 1.17. The van der Waals surface area contributed by atoms with Crippen LogP contribution < -0.4 is 5.32 Å². The molecule has 0 heterocycles. The van der Waals surface area contributed by atoms with Crippen LogP contribution in [-0.4, -0.2) is 30.4 Å². The highest BCUT2D eigenvalue weighted by Gasteiger charge is 2.10. The van der Waals surface area contributed by atoms with Gasteiger partial charge in [0, 0.05) is 6.54 Å². The second-order valence-corrected chi connectivity index (χ2v) is 3.02. The predicted octanol–water partition coefficient (Wildman–Crippen LogP) is 0.893. The second-order valence-electron chi connectivity index (χ2n) is 3.02. The summed E-state index contributed by atoms with van der Waals surface area (Å²) in [6.45, 7) is 6.30. The molecule has 0 aliphatic rings. The van der Waals surface area contributed by atoms with Crippen molar-refractivity contribution < 1.29 is 9.59 Å². The number of unbranched alkanes of at least 4 members (excludes halogenated alkanes) is 2. The van der Waals surface area contributed by atoms with Crippen LogP contribution in [0.3, 0.4) is 0 Å². The van der Waals surface area contributed by atoms with E-state index < -0.39 is 0 Å².